The van der Waals surface area contributed by atoms with Crippen molar-refractivity contribution in [2.45, 2.75) is 40.2 Å². The second-order valence-corrected chi connectivity index (χ2v) is 6.69. The van der Waals surface area contributed by atoms with Gasteiger partial charge in [-0.05, 0) is 57.0 Å². The average Bonchev–Trinajstić information content (AvgIpc) is 2.91. The number of anilines is 1. The summed E-state index contributed by atoms with van der Waals surface area (Å²) in [7, 11) is 0. The van der Waals surface area contributed by atoms with E-state index in [0.29, 0.717) is 5.69 Å². The van der Waals surface area contributed by atoms with Crippen molar-refractivity contribution in [1.82, 2.24) is 9.78 Å². The number of rotatable bonds is 4. The lowest BCUT2D eigenvalue weighted by Crippen LogP contribution is -2.15. The number of carbonyl (C=O) groups excluding carboxylic acids is 1. The second kappa shape index (κ2) is 6.59. The van der Waals surface area contributed by atoms with E-state index in [-0.39, 0.29) is 24.1 Å². The van der Waals surface area contributed by atoms with Gasteiger partial charge >= 0.3 is 0 Å². The lowest BCUT2D eigenvalue weighted by atomic mass is 10.1. The van der Waals surface area contributed by atoms with Crippen LogP contribution in [-0.2, 0) is 11.2 Å². The van der Waals surface area contributed by atoms with Gasteiger partial charge in [-0.1, -0.05) is 18.2 Å². The first kappa shape index (κ1) is 17.0. The lowest BCUT2D eigenvalue weighted by Gasteiger charge is -2.09. The highest BCUT2D eigenvalue weighted by atomic mass is 16.3. The molecule has 5 heteroatoms. The number of para-hydroxylation sites is 1. The van der Waals surface area contributed by atoms with Crippen LogP contribution in [0.3, 0.4) is 0 Å². The molecule has 1 amide bonds. The van der Waals surface area contributed by atoms with Crippen molar-refractivity contribution in [3.8, 4) is 5.75 Å². The van der Waals surface area contributed by atoms with E-state index in [1.807, 2.05) is 42.8 Å². The first-order valence-electron chi connectivity index (χ1n) is 8.43. The van der Waals surface area contributed by atoms with Crippen molar-refractivity contribution in [3.05, 3.63) is 53.2 Å². The van der Waals surface area contributed by atoms with Crippen molar-refractivity contribution < 1.29 is 9.90 Å². The third kappa shape index (κ3) is 3.36. The number of aryl methyl sites for hydroxylation is 2. The van der Waals surface area contributed by atoms with Gasteiger partial charge in [-0.3, -0.25) is 9.48 Å². The number of phenols is 1. The van der Waals surface area contributed by atoms with Gasteiger partial charge in [-0.25, -0.2) is 0 Å². The van der Waals surface area contributed by atoms with E-state index in [9.17, 15) is 9.90 Å². The number of nitrogens with one attached hydrogen (secondary N) is 1. The fourth-order valence-corrected chi connectivity index (χ4v) is 3.06. The number of hydrogen-bond acceptors (Lipinski definition) is 3. The van der Waals surface area contributed by atoms with Crippen molar-refractivity contribution in [1.29, 1.82) is 0 Å². The molecule has 0 saturated carbocycles. The SMILES string of the molecule is Cc1cc(NC(=O)Cc2nn(C(C)C)c3ccccc23)cc(C)c1O. The Hall–Kier alpha value is -2.82. The van der Waals surface area contributed by atoms with E-state index in [1.54, 1.807) is 12.1 Å². The molecule has 0 bridgehead atoms. The molecule has 2 aromatic carbocycles. The molecule has 0 unspecified atom stereocenters. The van der Waals surface area contributed by atoms with E-state index in [0.717, 1.165) is 27.7 Å². The highest BCUT2D eigenvalue weighted by molar-refractivity contribution is 5.95. The summed E-state index contributed by atoms with van der Waals surface area (Å²) < 4.78 is 1.95. The average molecular weight is 337 g/mol. The molecule has 0 radical (unpaired) electrons. The molecule has 1 aromatic heterocycles. The molecule has 3 rings (SSSR count). The van der Waals surface area contributed by atoms with Crippen LogP contribution in [0.1, 0.15) is 36.7 Å². The Morgan fingerprint density at radius 1 is 1.20 bits per heavy atom. The molecule has 130 valence electrons. The predicted molar refractivity (Wildman–Crippen MR) is 100 cm³/mol. The van der Waals surface area contributed by atoms with Gasteiger partial charge in [0, 0.05) is 17.1 Å². The number of amides is 1. The number of benzene rings is 2. The number of nitrogens with zero attached hydrogens (tertiary/aromatic N) is 2. The largest absolute Gasteiger partial charge is 0.507 e. The molecule has 25 heavy (non-hydrogen) atoms. The van der Waals surface area contributed by atoms with Crippen molar-refractivity contribution in [2.75, 3.05) is 5.32 Å². The zero-order valence-electron chi connectivity index (χ0n) is 15.0. The van der Waals surface area contributed by atoms with Crippen LogP contribution in [-0.4, -0.2) is 20.8 Å². The second-order valence-electron chi connectivity index (χ2n) is 6.69. The molecule has 1 heterocycles. The summed E-state index contributed by atoms with van der Waals surface area (Å²) in [4.78, 5) is 12.5. The summed E-state index contributed by atoms with van der Waals surface area (Å²) in [5, 5.41) is 18.4. The maximum Gasteiger partial charge on any atom is 0.230 e. The quantitative estimate of drug-likeness (QED) is 0.704. The summed E-state index contributed by atoms with van der Waals surface area (Å²) in [6.07, 6.45) is 0.208. The number of aromatic nitrogens is 2. The Bertz CT molecular complexity index is 918. The zero-order chi connectivity index (χ0) is 18.1. The van der Waals surface area contributed by atoms with Crippen LogP contribution in [0.2, 0.25) is 0 Å². The first-order chi connectivity index (χ1) is 11.9. The van der Waals surface area contributed by atoms with Crippen LogP contribution in [0.25, 0.3) is 10.9 Å². The fraction of sp³-hybridized carbons (Fsp3) is 0.300. The summed E-state index contributed by atoms with van der Waals surface area (Å²) in [5.41, 5.74) is 3.98. The van der Waals surface area contributed by atoms with Crippen LogP contribution in [0.4, 0.5) is 5.69 Å². The van der Waals surface area contributed by atoms with Crippen LogP contribution in [0, 0.1) is 13.8 Å². The molecule has 0 fully saturated rings. The Morgan fingerprint density at radius 3 is 2.48 bits per heavy atom. The third-order valence-corrected chi connectivity index (χ3v) is 4.28. The van der Waals surface area contributed by atoms with E-state index in [1.165, 1.54) is 0 Å². The minimum absolute atomic E-state index is 0.122. The minimum atomic E-state index is -0.122. The number of aromatic hydroxyl groups is 1. The Morgan fingerprint density at radius 2 is 1.84 bits per heavy atom. The molecule has 2 N–H and O–H groups in total. The molecule has 0 spiro atoms. The van der Waals surface area contributed by atoms with Crippen LogP contribution in [0.5, 0.6) is 5.75 Å². The number of fused-ring (bicyclic) bond motifs is 1. The monoisotopic (exact) mass is 337 g/mol. The Balaban J connectivity index is 1.85. The standard InChI is InChI=1S/C20H23N3O2/c1-12(2)23-18-8-6-5-7-16(18)17(22-23)11-19(24)21-15-9-13(3)20(25)14(4)10-15/h5-10,12,25H,11H2,1-4H3,(H,21,24). The molecule has 3 aromatic rings. The van der Waals surface area contributed by atoms with Gasteiger partial charge in [-0.2, -0.15) is 5.10 Å². The van der Waals surface area contributed by atoms with E-state index < -0.39 is 0 Å². The molecule has 0 atom stereocenters. The van der Waals surface area contributed by atoms with Crippen molar-refractivity contribution >= 4 is 22.5 Å². The molecular formula is C20H23N3O2. The molecular weight excluding hydrogens is 314 g/mol. The Kier molecular flexibility index (Phi) is 4.49. The molecule has 0 aliphatic carbocycles. The topological polar surface area (TPSA) is 67.2 Å². The fourth-order valence-electron chi connectivity index (χ4n) is 3.06. The normalized spacial score (nSPS) is 11.2. The van der Waals surface area contributed by atoms with Crippen molar-refractivity contribution in [2.24, 2.45) is 0 Å². The summed E-state index contributed by atoms with van der Waals surface area (Å²) in [6, 6.07) is 11.7. The minimum Gasteiger partial charge on any atom is -0.507 e. The van der Waals surface area contributed by atoms with Gasteiger partial charge in [0.25, 0.3) is 0 Å². The van der Waals surface area contributed by atoms with Gasteiger partial charge in [-0.15, -0.1) is 0 Å². The summed E-state index contributed by atoms with van der Waals surface area (Å²) in [5.74, 6) is 0.142. The maximum atomic E-state index is 12.5. The third-order valence-electron chi connectivity index (χ3n) is 4.28. The highest BCUT2D eigenvalue weighted by Crippen LogP contribution is 2.26. The molecule has 5 nitrogen and oxygen atoms in total. The number of carbonyl (C=O) groups is 1. The van der Waals surface area contributed by atoms with Gasteiger partial charge < -0.3 is 10.4 Å². The summed E-state index contributed by atoms with van der Waals surface area (Å²) >= 11 is 0. The molecule has 0 aliphatic heterocycles. The van der Waals surface area contributed by atoms with Crippen LogP contribution < -0.4 is 5.32 Å². The van der Waals surface area contributed by atoms with Gasteiger partial charge in [0.15, 0.2) is 0 Å². The molecule has 0 saturated heterocycles. The van der Waals surface area contributed by atoms with Gasteiger partial charge in [0.1, 0.15) is 5.75 Å². The molecule has 0 aliphatic rings. The maximum absolute atomic E-state index is 12.5. The van der Waals surface area contributed by atoms with Crippen LogP contribution >= 0.6 is 0 Å². The zero-order valence-corrected chi connectivity index (χ0v) is 15.0. The predicted octanol–water partition coefficient (Wildman–Crippen LogP) is 4.12. The smallest absolute Gasteiger partial charge is 0.230 e. The summed E-state index contributed by atoms with van der Waals surface area (Å²) in [6.45, 7) is 7.78. The number of hydrogen-bond donors (Lipinski definition) is 2. The van der Waals surface area contributed by atoms with E-state index >= 15 is 0 Å². The first-order valence-corrected chi connectivity index (χ1v) is 8.43. The lowest BCUT2D eigenvalue weighted by molar-refractivity contribution is -0.115. The Labute approximate surface area is 147 Å². The van der Waals surface area contributed by atoms with Crippen molar-refractivity contribution in [3.63, 3.8) is 0 Å². The highest BCUT2D eigenvalue weighted by Gasteiger charge is 2.15. The van der Waals surface area contributed by atoms with Crippen LogP contribution in [0.15, 0.2) is 36.4 Å². The van der Waals surface area contributed by atoms with Gasteiger partial charge in [0.2, 0.25) is 5.91 Å². The van der Waals surface area contributed by atoms with Gasteiger partial charge in [0.05, 0.1) is 17.6 Å². The van der Waals surface area contributed by atoms with E-state index in [2.05, 4.69) is 24.3 Å². The number of phenolic OH excluding ortho intramolecular Hbond substituents is 1. The van der Waals surface area contributed by atoms with E-state index in [4.69, 9.17) is 0 Å².